The summed E-state index contributed by atoms with van der Waals surface area (Å²) in [4.78, 5) is 13.6. The van der Waals surface area contributed by atoms with Crippen LogP contribution in [0.5, 0.6) is 0 Å². The third kappa shape index (κ3) is 3.18. The number of carbonyl (C=O) groups is 1. The first-order chi connectivity index (χ1) is 8.69. The summed E-state index contributed by atoms with van der Waals surface area (Å²) in [5, 5.41) is 8.89. The Morgan fingerprint density at radius 1 is 1.56 bits per heavy atom. The molecule has 1 aromatic rings. The van der Waals surface area contributed by atoms with Crippen LogP contribution in [0.4, 0.5) is 0 Å². The summed E-state index contributed by atoms with van der Waals surface area (Å²) in [5.41, 5.74) is 1.86. The van der Waals surface area contributed by atoms with E-state index in [0.29, 0.717) is 18.0 Å². The number of carbonyl (C=O) groups excluding carboxylic acids is 1. The number of hydrogen-bond acceptors (Lipinski definition) is 3. The van der Waals surface area contributed by atoms with Crippen molar-refractivity contribution in [2.75, 3.05) is 6.54 Å². The van der Waals surface area contributed by atoms with Crippen molar-refractivity contribution in [1.29, 1.82) is 5.26 Å². The Bertz CT molecular complexity index is 476. The molecule has 0 bridgehead atoms. The smallest absolute Gasteiger partial charge is 0.131 e. The lowest BCUT2D eigenvalue weighted by molar-refractivity contribution is -0.118. The summed E-state index contributed by atoms with van der Waals surface area (Å²) in [6, 6.07) is 10.3. The first kappa shape index (κ1) is 12.8. The van der Waals surface area contributed by atoms with E-state index < -0.39 is 0 Å². The van der Waals surface area contributed by atoms with Crippen molar-refractivity contribution in [1.82, 2.24) is 4.90 Å². The monoisotopic (exact) mass is 242 g/mol. The zero-order valence-electron chi connectivity index (χ0n) is 10.7. The number of ketones is 1. The van der Waals surface area contributed by atoms with Gasteiger partial charge in [-0.2, -0.15) is 5.26 Å². The number of benzene rings is 1. The van der Waals surface area contributed by atoms with Gasteiger partial charge in [-0.3, -0.25) is 9.69 Å². The van der Waals surface area contributed by atoms with Gasteiger partial charge in [0.25, 0.3) is 0 Å². The second kappa shape index (κ2) is 5.79. The van der Waals surface area contributed by atoms with Crippen molar-refractivity contribution in [3.63, 3.8) is 0 Å². The van der Waals surface area contributed by atoms with Crippen LogP contribution in [-0.2, 0) is 11.3 Å². The van der Waals surface area contributed by atoms with Crippen molar-refractivity contribution in [2.45, 2.75) is 38.8 Å². The molecule has 0 spiro atoms. The maximum atomic E-state index is 11.2. The molecule has 1 unspecified atom stereocenters. The molecule has 3 nitrogen and oxygen atoms in total. The van der Waals surface area contributed by atoms with Crippen molar-refractivity contribution >= 4 is 5.78 Å². The molecule has 1 heterocycles. The normalized spacial score (nSPS) is 19.7. The molecule has 1 saturated heterocycles. The number of likely N-dealkylation sites (tertiary alicyclic amines) is 1. The van der Waals surface area contributed by atoms with Crippen molar-refractivity contribution in [3.05, 3.63) is 35.4 Å². The van der Waals surface area contributed by atoms with Crippen molar-refractivity contribution in [3.8, 4) is 6.07 Å². The predicted molar refractivity (Wildman–Crippen MR) is 69.9 cm³/mol. The highest BCUT2D eigenvalue weighted by atomic mass is 16.1. The molecule has 1 aliphatic heterocycles. The molecule has 1 atom stereocenters. The maximum absolute atomic E-state index is 11.2. The van der Waals surface area contributed by atoms with Crippen LogP contribution >= 0.6 is 0 Å². The summed E-state index contributed by atoms with van der Waals surface area (Å²) in [7, 11) is 0. The van der Waals surface area contributed by atoms with Crippen LogP contribution < -0.4 is 0 Å². The van der Waals surface area contributed by atoms with Crippen LogP contribution in [0.1, 0.15) is 37.3 Å². The second-order valence-corrected chi connectivity index (χ2v) is 4.98. The van der Waals surface area contributed by atoms with Gasteiger partial charge < -0.3 is 0 Å². The molecular weight excluding hydrogens is 224 g/mol. The highest BCUT2D eigenvalue weighted by Crippen LogP contribution is 2.22. The van der Waals surface area contributed by atoms with Gasteiger partial charge in [0.1, 0.15) is 5.78 Å². The molecule has 18 heavy (non-hydrogen) atoms. The van der Waals surface area contributed by atoms with Gasteiger partial charge in [-0.1, -0.05) is 12.1 Å². The summed E-state index contributed by atoms with van der Waals surface area (Å²) >= 11 is 0. The Morgan fingerprint density at radius 3 is 3.11 bits per heavy atom. The van der Waals surface area contributed by atoms with E-state index >= 15 is 0 Å². The summed E-state index contributed by atoms with van der Waals surface area (Å²) in [6.45, 7) is 3.55. The number of rotatable bonds is 4. The zero-order chi connectivity index (χ0) is 13.0. The van der Waals surface area contributed by atoms with E-state index in [4.69, 9.17) is 5.26 Å². The number of hydrogen-bond donors (Lipinski definition) is 0. The fourth-order valence-corrected chi connectivity index (χ4v) is 2.64. The Hall–Kier alpha value is -1.66. The van der Waals surface area contributed by atoms with E-state index in [1.165, 1.54) is 0 Å². The van der Waals surface area contributed by atoms with E-state index in [1.807, 2.05) is 24.3 Å². The molecular formula is C15H18N2O. The van der Waals surface area contributed by atoms with Crippen LogP contribution in [0.2, 0.25) is 0 Å². The summed E-state index contributed by atoms with van der Waals surface area (Å²) < 4.78 is 0. The quantitative estimate of drug-likeness (QED) is 0.814. The fraction of sp³-hybridized carbons (Fsp3) is 0.467. The standard InChI is InChI=1S/C15H18N2O/c1-12(18)8-15-6-3-7-17(15)11-14-5-2-4-13(9-14)10-16/h2,4-5,9,15H,3,6-8,11H2,1H3. The molecule has 0 amide bonds. The van der Waals surface area contributed by atoms with Gasteiger partial charge in [0, 0.05) is 19.0 Å². The molecule has 2 rings (SSSR count). The highest BCUT2D eigenvalue weighted by molar-refractivity contribution is 5.76. The topological polar surface area (TPSA) is 44.1 Å². The Labute approximate surface area is 108 Å². The Morgan fingerprint density at radius 2 is 2.39 bits per heavy atom. The lowest BCUT2D eigenvalue weighted by Crippen LogP contribution is -2.30. The van der Waals surface area contributed by atoms with Gasteiger partial charge in [0.2, 0.25) is 0 Å². The first-order valence-corrected chi connectivity index (χ1v) is 6.41. The molecule has 0 aliphatic carbocycles. The van der Waals surface area contributed by atoms with E-state index in [9.17, 15) is 4.79 Å². The molecule has 0 radical (unpaired) electrons. The van der Waals surface area contributed by atoms with Crippen LogP contribution in [0.3, 0.4) is 0 Å². The Kier molecular flexibility index (Phi) is 4.11. The van der Waals surface area contributed by atoms with Crippen LogP contribution in [0, 0.1) is 11.3 Å². The molecule has 0 saturated carbocycles. The lowest BCUT2D eigenvalue weighted by atomic mass is 10.1. The molecule has 1 aliphatic rings. The number of Topliss-reactive ketones (excluding diaryl/α,β-unsaturated/α-hetero) is 1. The van der Waals surface area contributed by atoms with Gasteiger partial charge >= 0.3 is 0 Å². The van der Waals surface area contributed by atoms with Crippen molar-refractivity contribution < 1.29 is 4.79 Å². The van der Waals surface area contributed by atoms with Crippen molar-refractivity contribution in [2.24, 2.45) is 0 Å². The second-order valence-electron chi connectivity index (χ2n) is 4.98. The molecule has 1 fully saturated rings. The predicted octanol–water partition coefficient (Wildman–Crippen LogP) is 2.50. The minimum atomic E-state index is 0.262. The SMILES string of the molecule is CC(=O)CC1CCCN1Cc1cccc(C#N)c1. The van der Waals surface area contributed by atoms with Gasteiger partial charge in [-0.25, -0.2) is 0 Å². The lowest BCUT2D eigenvalue weighted by Gasteiger charge is -2.23. The molecule has 0 N–H and O–H groups in total. The Balaban J connectivity index is 2.03. The largest absolute Gasteiger partial charge is 0.300 e. The van der Waals surface area contributed by atoms with E-state index in [1.54, 1.807) is 6.92 Å². The van der Waals surface area contributed by atoms with E-state index in [0.717, 1.165) is 31.5 Å². The third-order valence-electron chi connectivity index (χ3n) is 3.46. The molecule has 0 aromatic heterocycles. The van der Waals surface area contributed by atoms with Crippen LogP contribution in [-0.4, -0.2) is 23.3 Å². The summed E-state index contributed by atoms with van der Waals surface area (Å²) in [6.07, 6.45) is 2.92. The number of nitrogens with zero attached hydrogens (tertiary/aromatic N) is 2. The third-order valence-corrected chi connectivity index (χ3v) is 3.46. The average Bonchev–Trinajstić information content (AvgIpc) is 2.76. The van der Waals surface area contributed by atoms with Gasteiger partial charge in [0.05, 0.1) is 11.6 Å². The number of nitriles is 1. The minimum absolute atomic E-state index is 0.262. The molecule has 1 aromatic carbocycles. The first-order valence-electron chi connectivity index (χ1n) is 6.41. The van der Waals surface area contributed by atoms with Crippen LogP contribution in [0.25, 0.3) is 0 Å². The highest BCUT2D eigenvalue weighted by Gasteiger charge is 2.25. The zero-order valence-corrected chi connectivity index (χ0v) is 10.7. The van der Waals surface area contributed by atoms with E-state index in [-0.39, 0.29) is 5.78 Å². The average molecular weight is 242 g/mol. The van der Waals surface area contributed by atoms with Gasteiger partial charge in [-0.05, 0) is 44.0 Å². The minimum Gasteiger partial charge on any atom is -0.300 e. The fourth-order valence-electron chi connectivity index (χ4n) is 2.64. The summed E-state index contributed by atoms with van der Waals surface area (Å²) in [5.74, 6) is 0.262. The van der Waals surface area contributed by atoms with Gasteiger partial charge in [0.15, 0.2) is 0 Å². The molecule has 94 valence electrons. The van der Waals surface area contributed by atoms with E-state index in [2.05, 4.69) is 11.0 Å². The van der Waals surface area contributed by atoms with Crippen LogP contribution in [0.15, 0.2) is 24.3 Å². The maximum Gasteiger partial charge on any atom is 0.131 e. The molecule has 3 heteroatoms. The van der Waals surface area contributed by atoms with Gasteiger partial charge in [-0.15, -0.1) is 0 Å².